The lowest BCUT2D eigenvalue weighted by Crippen LogP contribution is -2.24. The van der Waals surface area contributed by atoms with Crippen molar-refractivity contribution >= 4 is 16.5 Å². The summed E-state index contributed by atoms with van der Waals surface area (Å²) < 4.78 is 0. The number of rotatable bonds is 7. The summed E-state index contributed by atoms with van der Waals surface area (Å²) in [4.78, 5) is 0. The van der Waals surface area contributed by atoms with Crippen molar-refractivity contribution in [1.82, 2.24) is 5.32 Å². The van der Waals surface area contributed by atoms with E-state index in [1.807, 2.05) is 0 Å². The SMILES string of the molecule is CC(C)CCNCCNc1cccc2ccccc12. The van der Waals surface area contributed by atoms with Crippen LogP contribution in [0.3, 0.4) is 0 Å². The number of benzene rings is 2. The van der Waals surface area contributed by atoms with E-state index in [-0.39, 0.29) is 0 Å². The predicted octanol–water partition coefficient (Wildman–Crippen LogP) is 3.89. The topological polar surface area (TPSA) is 24.1 Å². The smallest absolute Gasteiger partial charge is 0.0420 e. The molecule has 0 spiro atoms. The Hall–Kier alpha value is -1.54. The van der Waals surface area contributed by atoms with E-state index < -0.39 is 0 Å². The minimum Gasteiger partial charge on any atom is -0.383 e. The van der Waals surface area contributed by atoms with Crippen LogP contribution in [-0.4, -0.2) is 19.6 Å². The molecule has 0 amide bonds. The van der Waals surface area contributed by atoms with Crippen LogP contribution in [0, 0.1) is 5.92 Å². The van der Waals surface area contributed by atoms with E-state index in [4.69, 9.17) is 0 Å². The second kappa shape index (κ2) is 7.15. The third-order valence-electron chi connectivity index (χ3n) is 3.31. The van der Waals surface area contributed by atoms with E-state index in [1.165, 1.54) is 22.9 Å². The fourth-order valence-electron chi connectivity index (χ4n) is 2.18. The first-order chi connectivity index (χ1) is 9.27. The summed E-state index contributed by atoms with van der Waals surface area (Å²) >= 11 is 0. The van der Waals surface area contributed by atoms with E-state index >= 15 is 0 Å². The molecule has 0 saturated heterocycles. The molecule has 0 radical (unpaired) electrons. The van der Waals surface area contributed by atoms with Crippen molar-refractivity contribution in [3.63, 3.8) is 0 Å². The zero-order chi connectivity index (χ0) is 13.5. The molecule has 0 atom stereocenters. The molecule has 19 heavy (non-hydrogen) atoms. The summed E-state index contributed by atoms with van der Waals surface area (Å²) in [6.07, 6.45) is 1.24. The maximum Gasteiger partial charge on any atom is 0.0420 e. The lowest BCUT2D eigenvalue weighted by Gasteiger charge is -2.11. The molecular formula is C17H24N2. The maximum atomic E-state index is 3.51. The quantitative estimate of drug-likeness (QED) is 0.734. The molecule has 0 bridgehead atoms. The van der Waals surface area contributed by atoms with Crippen LogP contribution >= 0.6 is 0 Å². The summed E-state index contributed by atoms with van der Waals surface area (Å²) in [5.41, 5.74) is 1.23. The molecule has 0 heterocycles. The average molecular weight is 256 g/mol. The van der Waals surface area contributed by atoms with Crippen molar-refractivity contribution in [2.75, 3.05) is 25.0 Å². The van der Waals surface area contributed by atoms with Crippen molar-refractivity contribution < 1.29 is 0 Å². The molecule has 2 aromatic carbocycles. The van der Waals surface area contributed by atoms with Crippen molar-refractivity contribution in [3.05, 3.63) is 42.5 Å². The van der Waals surface area contributed by atoms with Gasteiger partial charge in [0.25, 0.3) is 0 Å². The van der Waals surface area contributed by atoms with Gasteiger partial charge in [-0.15, -0.1) is 0 Å². The highest BCUT2D eigenvalue weighted by Gasteiger charge is 1.98. The molecule has 0 aliphatic rings. The molecule has 0 aromatic heterocycles. The Bertz CT molecular complexity index is 500. The van der Waals surface area contributed by atoms with Crippen molar-refractivity contribution in [1.29, 1.82) is 0 Å². The highest BCUT2D eigenvalue weighted by Crippen LogP contribution is 2.22. The second-order valence-electron chi connectivity index (χ2n) is 5.39. The van der Waals surface area contributed by atoms with E-state index in [1.54, 1.807) is 0 Å². The maximum absolute atomic E-state index is 3.51. The van der Waals surface area contributed by atoms with Gasteiger partial charge in [-0.05, 0) is 30.3 Å². The lowest BCUT2D eigenvalue weighted by molar-refractivity contribution is 0.543. The first-order valence-corrected chi connectivity index (χ1v) is 7.19. The molecule has 2 aromatic rings. The van der Waals surface area contributed by atoms with Crippen molar-refractivity contribution in [2.45, 2.75) is 20.3 Å². The van der Waals surface area contributed by atoms with Gasteiger partial charge < -0.3 is 10.6 Å². The van der Waals surface area contributed by atoms with Crippen LogP contribution in [-0.2, 0) is 0 Å². The Morgan fingerprint density at radius 3 is 2.53 bits per heavy atom. The summed E-state index contributed by atoms with van der Waals surface area (Å²) in [5, 5.41) is 9.58. The van der Waals surface area contributed by atoms with E-state index in [9.17, 15) is 0 Å². The van der Waals surface area contributed by atoms with Crippen LogP contribution in [0.2, 0.25) is 0 Å². The summed E-state index contributed by atoms with van der Waals surface area (Å²) in [7, 11) is 0. The molecule has 2 rings (SSSR count). The van der Waals surface area contributed by atoms with Gasteiger partial charge in [0.2, 0.25) is 0 Å². The highest BCUT2D eigenvalue weighted by atomic mass is 14.9. The summed E-state index contributed by atoms with van der Waals surface area (Å²) in [6, 6.07) is 14.9. The Labute approximate surface area is 116 Å². The highest BCUT2D eigenvalue weighted by molar-refractivity contribution is 5.93. The van der Waals surface area contributed by atoms with Crippen molar-refractivity contribution in [2.24, 2.45) is 5.92 Å². The molecule has 0 unspecified atom stereocenters. The Kier molecular flexibility index (Phi) is 5.22. The second-order valence-corrected chi connectivity index (χ2v) is 5.39. The van der Waals surface area contributed by atoms with Gasteiger partial charge in [-0.2, -0.15) is 0 Å². The van der Waals surface area contributed by atoms with Gasteiger partial charge in [-0.1, -0.05) is 50.2 Å². The average Bonchev–Trinajstić information content (AvgIpc) is 2.42. The van der Waals surface area contributed by atoms with Gasteiger partial charge in [-0.3, -0.25) is 0 Å². The minimum absolute atomic E-state index is 0.776. The van der Waals surface area contributed by atoms with Gasteiger partial charge in [0.05, 0.1) is 0 Å². The zero-order valence-corrected chi connectivity index (χ0v) is 11.9. The van der Waals surface area contributed by atoms with Gasteiger partial charge in [0.1, 0.15) is 0 Å². The molecule has 0 aliphatic heterocycles. The third-order valence-corrected chi connectivity index (χ3v) is 3.31. The molecular weight excluding hydrogens is 232 g/mol. The van der Waals surface area contributed by atoms with Crippen LogP contribution in [0.25, 0.3) is 10.8 Å². The van der Waals surface area contributed by atoms with Crippen LogP contribution in [0.5, 0.6) is 0 Å². The number of hydrogen-bond donors (Lipinski definition) is 2. The molecule has 0 saturated carbocycles. The van der Waals surface area contributed by atoms with Gasteiger partial charge in [-0.25, -0.2) is 0 Å². The lowest BCUT2D eigenvalue weighted by atomic mass is 10.1. The van der Waals surface area contributed by atoms with Crippen molar-refractivity contribution in [3.8, 4) is 0 Å². The third kappa shape index (κ3) is 4.25. The fraction of sp³-hybridized carbons (Fsp3) is 0.412. The Morgan fingerprint density at radius 2 is 1.68 bits per heavy atom. The van der Waals surface area contributed by atoms with Gasteiger partial charge in [0, 0.05) is 24.2 Å². The van der Waals surface area contributed by atoms with Crippen LogP contribution in [0.4, 0.5) is 5.69 Å². The first kappa shape index (κ1) is 13.9. The number of nitrogens with one attached hydrogen (secondary N) is 2. The van der Waals surface area contributed by atoms with E-state index in [2.05, 4.69) is 66.9 Å². The molecule has 0 aliphatic carbocycles. The number of fused-ring (bicyclic) bond motifs is 1. The summed E-state index contributed by atoms with van der Waals surface area (Å²) in [5.74, 6) is 0.776. The minimum atomic E-state index is 0.776. The van der Waals surface area contributed by atoms with Crippen LogP contribution in [0.1, 0.15) is 20.3 Å². The van der Waals surface area contributed by atoms with E-state index in [0.29, 0.717) is 0 Å². The van der Waals surface area contributed by atoms with Gasteiger partial charge in [0.15, 0.2) is 0 Å². The zero-order valence-electron chi connectivity index (χ0n) is 11.9. The van der Waals surface area contributed by atoms with Crippen LogP contribution < -0.4 is 10.6 Å². The largest absolute Gasteiger partial charge is 0.383 e. The molecule has 2 N–H and O–H groups in total. The molecule has 0 fully saturated rings. The predicted molar refractivity (Wildman–Crippen MR) is 84.8 cm³/mol. The standard InChI is InChI=1S/C17H24N2/c1-14(2)10-11-18-12-13-19-17-9-5-7-15-6-3-4-8-16(15)17/h3-9,14,18-19H,10-13H2,1-2H3. The Balaban J connectivity index is 1.82. The number of anilines is 1. The van der Waals surface area contributed by atoms with E-state index in [0.717, 1.165) is 25.6 Å². The summed E-state index contributed by atoms with van der Waals surface area (Å²) in [6.45, 7) is 7.60. The Morgan fingerprint density at radius 1 is 0.895 bits per heavy atom. The molecule has 102 valence electrons. The van der Waals surface area contributed by atoms with Gasteiger partial charge >= 0.3 is 0 Å². The monoisotopic (exact) mass is 256 g/mol. The molecule has 2 nitrogen and oxygen atoms in total. The fourth-order valence-corrected chi connectivity index (χ4v) is 2.18. The number of hydrogen-bond acceptors (Lipinski definition) is 2. The normalized spacial score (nSPS) is 11.1. The first-order valence-electron chi connectivity index (χ1n) is 7.19. The van der Waals surface area contributed by atoms with Crippen LogP contribution in [0.15, 0.2) is 42.5 Å². The molecule has 2 heteroatoms.